The number of nitrogens with zero attached hydrogens (tertiary/aromatic N) is 3. The maximum Gasteiger partial charge on any atom is 0.417 e. The first kappa shape index (κ1) is 23.5. The van der Waals surface area contributed by atoms with E-state index in [2.05, 4.69) is 20.3 Å². The number of H-pyrrole nitrogens is 1. The molecule has 0 bridgehead atoms. The van der Waals surface area contributed by atoms with Gasteiger partial charge in [0.05, 0.1) is 17.5 Å². The van der Waals surface area contributed by atoms with Crippen LogP contribution in [0, 0.1) is 5.41 Å². The second kappa shape index (κ2) is 7.96. The van der Waals surface area contributed by atoms with E-state index in [1.165, 1.54) is 11.1 Å². The van der Waals surface area contributed by atoms with Crippen LogP contribution in [0.2, 0.25) is 0 Å². The number of halogens is 3. The standard InChI is InChI=1S/C22H28F3N5O3/c1-20(2,3)16(19(32)30-8-6-21(33,7-9-30)22(23,24)25)29-18(31)13-10-26-17-15(13)28-14(11-27-17)12-4-5-12/h10-12,16,33H,4-9H2,1-3H3,(H,26,27)(H,29,31)/t16-/m0/s1. The third-order valence-corrected chi connectivity index (χ3v) is 6.46. The molecule has 0 aromatic carbocycles. The summed E-state index contributed by atoms with van der Waals surface area (Å²) in [6.45, 7) is 4.81. The molecule has 0 unspecified atom stereocenters. The molecule has 0 spiro atoms. The highest BCUT2D eigenvalue weighted by molar-refractivity contribution is 6.06. The zero-order valence-corrected chi connectivity index (χ0v) is 18.8. The zero-order chi connectivity index (χ0) is 24.2. The van der Waals surface area contributed by atoms with Gasteiger partial charge in [0.25, 0.3) is 5.91 Å². The second-order valence-corrected chi connectivity index (χ2v) is 10.1. The van der Waals surface area contributed by atoms with Gasteiger partial charge in [0.15, 0.2) is 11.2 Å². The van der Waals surface area contributed by atoms with Gasteiger partial charge in [-0.2, -0.15) is 13.2 Å². The number of carbonyl (C=O) groups is 2. The van der Waals surface area contributed by atoms with Crippen LogP contribution in [0.25, 0.3) is 11.2 Å². The van der Waals surface area contributed by atoms with Gasteiger partial charge in [-0.3, -0.25) is 9.59 Å². The predicted molar refractivity (Wildman–Crippen MR) is 113 cm³/mol. The van der Waals surface area contributed by atoms with Crippen LogP contribution in [0.1, 0.15) is 68.4 Å². The van der Waals surface area contributed by atoms with E-state index in [1.807, 2.05) is 0 Å². The normalized spacial score (nSPS) is 20.0. The van der Waals surface area contributed by atoms with Crippen molar-refractivity contribution in [3.63, 3.8) is 0 Å². The predicted octanol–water partition coefficient (Wildman–Crippen LogP) is 2.90. The molecule has 2 aliphatic rings. The van der Waals surface area contributed by atoms with Crippen LogP contribution in [0.3, 0.4) is 0 Å². The molecule has 33 heavy (non-hydrogen) atoms. The molecule has 4 rings (SSSR count). The molecule has 2 amide bonds. The van der Waals surface area contributed by atoms with Crippen LogP contribution in [0.15, 0.2) is 12.4 Å². The molecule has 1 atom stereocenters. The van der Waals surface area contributed by atoms with Crippen LogP contribution >= 0.6 is 0 Å². The van der Waals surface area contributed by atoms with Crippen molar-refractivity contribution >= 4 is 23.0 Å². The number of nitrogens with one attached hydrogen (secondary N) is 2. The molecule has 180 valence electrons. The molecule has 1 aliphatic heterocycles. The number of aromatic amines is 1. The molecular weight excluding hydrogens is 439 g/mol. The quantitative estimate of drug-likeness (QED) is 0.640. The van der Waals surface area contributed by atoms with Crippen molar-refractivity contribution < 1.29 is 27.9 Å². The van der Waals surface area contributed by atoms with Crippen molar-refractivity contribution in [1.29, 1.82) is 0 Å². The number of carbonyl (C=O) groups excluding carboxylic acids is 2. The summed E-state index contributed by atoms with van der Waals surface area (Å²) in [5.74, 6) is -0.642. The van der Waals surface area contributed by atoms with Gasteiger partial charge in [0.1, 0.15) is 11.6 Å². The van der Waals surface area contributed by atoms with Crippen molar-refractivity contribution in [2.45, 2.75) is 70.2 Å². The van der Waals surface area contributed by atoms with Gasteiger partial charge in [-0.05, 0) is 18.3 Å². The largest absolute Gasteiger partial charge is 0.417 e. The number of alkyl halides is 3. The summed E-state index contributed by atoms with van der Waals surface area (Å²) in [5.41, 5.74) is -1.54. The van der Waals surface area contributed by atoms with Gasteiger partial charge in [-0.15, -0.1) is 0 Å². The number of piperidine rings is 1. The molecular formula is C22H28F3N5O3. The highest BCUT2D eigenvalue weighted by Gasteiger charge is 2.55. The first-order valence-electron chi connectivity index (χ1n) is 11.0. The average Bonchev–Trinajstić information content (AvgIpc) is 3.49. The van der Waals surface area contributed by atoms with E-state index in [9.17, 15) is 27.9 Å². The fraction of sp³-hybridized carbons (Fsp3) is 0.636. The first-order valence-corrected chi connectivity index (χ1v) is 11.0. The summed E-state index contributed by atoms with van der Waals surface area (Å²) in [5, 5.41) is 12.7. The van der Waals surface area contributed by atoms with E-state index in [1.54, 1.807) is 27.0 Å². The van der Waals surface area contributed by atoms with Crippen molar-refractivity contribution in [3.8, 4) is 0 Å². The Kier molecular flexibility index (Phi) is 5.66. The summed E-state index contributed by atoms with van der Waals surface area (Å²) in [6.07, 6.45) is -0.707. The van der Waals surface area contributed by atoms with Crippen molar-refractivity contribution in [3.05, 3.63) is 23.7 Å². The van der Waals surface area contributed by atoms with Crippen LogP contribution in [0.5, 0.6) is 0 Å². The van der Waals surface area contributed by atoms with E-state index in [0.29, 0.717) is 17.1 Å². The SMILES string of the molecule is CC(C)(C)[C@@H](NC(=O)c1c[nH]c2ncc(C3CC3)nc12)C(=O)N1CCC(O)(C(F)(F)F)CC1. The Morgan fingerprint density at radius 3 is 2.42 bits per heavy atom. The maximum atomic E-state index is 13.2. The fourth-order valence-corrected chi connectivity index (χ4v) is 4.07. The van der Waals surface area contributed by atoms with E-state index in [4.69, 9.17) is 0 Å². The Bertz CT molecular complexity index is 1060. The Labute approximate surface area is 189 Å². The Morgan fingerprint density at radius 2 is 1.88 bits per heavy atom. The number of aliphatic hydroxyl groups is 1. The summed E-state index contributed by atoms with van der Waals surface area (Å²) in [4.78, 5) is 39.5. The maximum absolute atomic E-state index is 13.2. The minimum atomic E-state index is -4.75. The number of hydrogen-bond acceptors (Lipinski definition) is 5. The summed E-state index contributed by atoms with van der Waals surface area (Å²) in [6, 6.07) is -0.980. The van der Waals surface area contributed by atoms with E-state index in [-0.39, 0.29) is 18.7 Å². The van der Waals surface area contributed by atoms with Crippen LogP contribution < -0.4 is 5.32 Å². The number of aromatic nitrogens is 3. The minimum absolute atomic E-state index is 0.249. The molecule has 11 heteroatoms. The lowest BCUT2D eigenvalue weighted by molar-refractivity contribution is -0.272. The van der Waals surface area contributed by atoms with Gasteiger partial charge < -0.3 is 20.3 Å². The molecule has 1 saturated heterocycles. The number of rotatable bonds is 4. The van der Waals surface area contributed by atoms with E-state index >= 15 is 0 Å². The lowest BCUT2D eigenvalue weighted by atomic mass is 9.84. The molecule has 2 aromatic heterocycles. The van der Waals surface area contributed by atoms with E-state index in [0.717, 1.165) is 18.5 Å². The van der Waals surface area contributed by atoms with Crippen LogP contribution in [0.4, 0.5) is 13.2 Å². The Balaban J connectivity index is 1.52. The van der Waals surface area contributed by atoms with Crippen molar-refractivity contribution in [2.75, 3.05) is 13.1 Å². The highest BCUT2D eigenvalue weighted by atomic mass is 19.4. The highest BCUT2D eigenvalue weighted by Crippen LogP contribution is 2.40. The molecule has 2 fully saturated rings. The third-order valence-electron chi connectivity index (χ3n) is 6.46. The molecule has 0 radical (unpaired) electrons. The zero-order valence-electron chi connectivity index (χ0n) is 18.8. The molecule has 1 aliphatic carbocycles. The number of hydrogen-bond donors (Lipinski definition) is 3. The number of likely N-dealkylation sites (tertiary alicyclic amines) is 1. The van der Waals surface area contributed by atoms with Crippen molar-refractivity contribution in [1.82, 2.24) is 25.2 Å². The smallest absolute Gasteiger partial charge is 0.380 e. The van der Waals surface area contributed by atoms with Crippen LogP contribution in [-0.4, -0.2) is 67.7 Å². The lowest BCUT2D eigenvalue weighted by Gasteiger charge is -2.41. The molecule has 8 nitrogen and oxygen atoms in total. The number of fused-ring (bicyclic) bond motifs is 1. The average molecular weight is 467 g/mol. The van der Waals surface area contributed by atoms with Gasteiger partial charge in [-0.1, -0.05) is 20.8 Å². The fourth-order valence-electron chi connectivity index (χ4n) is 4.07. The first-order chi connectivity index (χ1) is 15.3. The molecule has 1 saturated carbocycles. The second-order valence-electron chi connectivity index (χ2n) is 10.1. The number of amides is 2. The molecule has 3 N–H and O–H groups in total. The monoisotopic (exact) mass is 467 g/mol. The van der Waals surface area contributed by atoms with Gasteiger partial charge in [-0.25, -0.2) is 9.97 Å². The Hall–Kier alpha value is -2.69. The summed E-state index contributed by atoms with van der Waals surface area (Å²) < 4.78 is 39.3. The summed E-state index contributed by atoms with van der Waals surface area (Å²) in [7, 11) is 0. The Morgan fingerprint density at radius 1 is 1.24 bits per heavy atom. The third kappa shape index (κ3) is 4.55. The molecule has 2 aromatic rings. The summed E-state index contributed by atoms with van der Waals surface area (Å²) >= 11 is 0. The topological polar surface area (TPSA) is 111 Å². The lowest BCUT2D eigenvalue weighted by Crippen LogP contribution is -2.59. The van der Waals surface area contributed by atoms with E-state index < -0.39 is 47.9 Å². The van der Waals surface area contributed by atoms with Gasteiger partial charge in [0.2, 0.25) is 5.91 Å². The van der Waals surface area contributed by atoms with Crippen LogP contribution in [-0.2, 0) is 4.79 Å². The minimum Gasteiger partial charge on any atom is -0.380 e. The van der Waals surface area contributed by atoms with Gasteiger partial charge >= 0.3 is 6.18 Å². The molecule has 3 heterocycles. The van der Waals surface area contributed by atoms with Crippen molar-refractivity contribution in [2.24, 2.45) is 5.41 Å². The van der Waals surface area contributed by atoms with Gasteiger partial charge in [0, 0.05) is 38.0 Å².